The second-order valence-corrected chi connectivity index (χ2v) is 7.35. The topological polar surface area (TPSA) is 96.9 Å². The largest absolute Gasteiger partial charge is 0.399 e. The van der Waals surface area contributed by atoms with Crippen molar-refractivity contribution in [3.05, 3.63) is 47.3 Å². The number of carbonyl (C=O) groups excluding carboxylic acids is 1. The van der Waals surface area contributed by atoms with E-state index in [1.54, 1.807) is 0 Å². The number of oxime groups is 1. The van der Waals surface area contributed by atoms with Crippen LogP contribution in [0.15, 0.2) is 35.7 Å². The van der Waals surface area contributed by atoms with Crippen LogP contribution in [0, 0.1) is 0 Å². The molecule has 1 aliphatic rings. The first-order chi connectivity index (χ1) is 14.0. The van der Waals surface area contributed by atoms with E-state index in [9.17, 15) is 4.79 Å². The third-order valence-electron chi connectivity index (χ3n) is 5.11. The van der Waals surface area contributed by atoms with Crippen LogP contribution < -0.4 is 10.6 Å². The molecule has 8 heteroatoms. The lowest BCUT2D eigenvalue weighted by atomic mass is 10.0. The number of carbonyl (C=O) groups is 1. The Morgan fingerprint density at radius 2 is 1.90 bits per heavy atom. The highest BCUT2D eigenvalue weighted by Crippen LogP contribution is 2.21. The van der Waals surface area contributed by atoms with Gasteiger partial charge in [0.05, 0.1) is 18.2 Å². The molecule has 2 N–H and O–H groups in total. The highest BCUT2D eigenvalue weighted by atomic mass is 16.6. The lowest BCUT2D eigenvalue weighted by Crippen LogP contribution is -2.49. The van der Waals surface area contributed by atoms with Crippen molar-refractivity contribution in [2.75, 3.05) is 43.9 Å². The number of piperazine rings is 1. The number of nitrogens with two attached hydrogens (primary N) is 1. The van der Waals surface area contributed by atoms with Crippen LogP contribution >= 0.6 is 0 Å². The van der Waals surface area contributed by atoms with Gasteiger partial charge in [0.15, 0.2) is 0 Å². The molecule has 0 radical (unpaired) electrons. The average Bonchev–Trinajstić information content (AvgIpc) is 2.73. The van der Waals surface area contributed by atoms with Gasteiger partial charge in [-0.1, -0.05) is 43.3 Å². The number of amides is 1. The fourth-order valence-corrected chi connectivity index (χ4v) is 3.36. The van der Waals surface area contributed by atoms with E-state index in [-0.39, 0.29) is 5.91 Å². The number of nitrogens with zero attached hydrogens (tertiary/aromatic N) is 5. The predicted octanol–water partition coefficient (Wildman–Crippen LogP) is 2.05. The average molecular weight is 396 g/mol. The van der Waals surface area contributed by atoms with Crippen molar-refractivity contribution in [1.29, 1.82) is 0 Å². The molecule has 1 aromatic carbocycles. The van der Waals surface area contributed by atoms with E-state index in [1.807, 2.05) is 4.90 Å². The first-order valence-electron chi connectivity index (χ1n) is 9.78. The summed E-state index contributed by atoms with van der Waals surface area (Å²) >= 11 is 0. The third-order valence-corrected chi connectivity index (χ3v) is 5.11. The molecule has 0 aliphatic carbocycles. The maximum absolute atomic E-state index is 12.7. The van der Waals surface area contributed by atoms with Crippen molar-refractivity contribution >= 4 is 23.8 Å². The summed E-state index contributed by atoms with van der Waals surface area (Å²) in [6, 6.07) is 8.31. The highest BCUT2D eigenvalue weighted by molar-refractivity contribution is 5.91. The fourth-order valence-electron chi connectivity index (χ4n) is 3.36. The summed E-state index contributed by atoms with van der Waals surface area (Å²) in [6.45, 7) is 6.93. The minimum absolute atomic E-state index is 0.144. The van der Waals surface area contributed by atoms with Crippen molar-refractivity contribution in [2.24, 2.45) is 5.16 Å². The van der Waals surface area contributed by atoms with E-state index in [1.165, 1.54) is 25.2 Å². The van der Waals surface area contributed by atoms with Crippen LogP contribution in [0.3, 0.4) is 0 Å². The molecule has 8 nitrogen and oxygen atoms in total. The maximum Gasteiger partial charge on any atom is 0.227 e. The molecule has 0 atom stereocenters. The Hall–Kier alpha value is -3.16. The number of hydrogen-bond donors (Lipinski definition) is 1. The zero-order valence-electron chi connectivity index (χ0n) is 17.2. The maximum atomic E-state index is 12.7. The summed E-state index contributed by atoms with van der Waals surface area (Å²) in [6.07, 6.45) is 3.38. The SMILES string of the molecule is CON=Cc1c(N)ncnc1N1CCN(C(=O)Cc2ccc(C(C)C)cc2)CC1. The van der Waals surface area contributed by atoms with Crippen molar-refractivity contribution < 1.29 is 9.63 Å². The van der Waals surface area contributed by atoms with Crippen molar-refractivity contribution in [3.8, 4) is 0 Å². The molecular formula is C21H28N6O2. The molecule has 0 saturated carbocycles. The Morgan fingerprint density at radius 3 is 2.52 bits per heavy atom. The summed E-state index contributed by atoms with van der Waals surface area (Å²) in [5.41, 5.74) is 8.92. The number of benzene rings is 1. The van der Waals surface area contributed by atoms with Crippen LogP contribution in [0.25, 0.3) is 0 Å². The molecule has 3 rings (SSSR count). The summed E-state index contributed by atoms with van der Waals surface area (Å²) in [5.74, 6) is 1.68. The van der Waals surface area contributed by atoms with Gasteiger partial charge in [-0.15, -0.1) is 0 Å². The van der Waals surface area contributed by atoms with Gasteiger partial charge < -0.3 is 20.4 Å². The van der Waals surface area contributed by atoms with Crippen LogP contribution in [0.5, 0.6) is 0 Å². The number of anilines is 2. The molecule has 0 bridgehead atoms. The monoisotopic (exact) mass is 396 g/mol. The van der Waals surface area contributed by atoms with Gasteiger partial charge in [0, 0.05) is 26.2 Å². The molecule has 2 aromatic rings. The second-order valence-electron chi connectivity index (χ2n) is 7.35. The normalized spacial score (nSPS) is 14.6. The van der Waals surface area contributed by atoms with Crippen LogP contribution in [0.2, 0.25) is 0 Å². The number of nitrogen functional groups attached to an aromatic ring is 1. The van der Waals surface area contributed by atoms with Crippen molar-refractivity contribution in [2.45, 2.75) is 26.2 Å². The van der Waals surface area contributed by atoms with Gasteiger partial charge in [0.25, 0.3) is 0 Å². The van der Waals surface area contributed by atoms with E-state index in [4.69, 9.17) is 10.6 Å². The molecular weight excluding hydrogens is 368 g/mol. The van der Waals surface area contributed by atoms with Crippen molar-refractivity contribution in [1.82, 2.24) is 14.9 Å². The van der Waals surface area contributed by atoms with Gasteiger partial charge in [-0.3, -0.25) is 4.79 Å². The molecule has 0 spiro atoms. The van der Waals surface area contributed by atoms with Crippen LogP contribution in [-0.2, 0) is 16.1 Å². The number of hydrogen-bond acceptors (Lipinski definition) is 7. The zero-order chi connectivity index (χ0) is 20.8. The quantitative estimate of drug-likeness (QED) is 0.593. The smallest absolute Gasteiger partial charge is 0.227 e. The Labute approximate surface area is 171 Å². The lowest BCUT2D eigenvalue weighted by molar-refractivity contribution is -0.130. The second kappa shape index (κ2) is 9.36. The van der Waals surface area contributed by atoms with Gasteiger partial charge in [0.2, 0.25) is 5.91 Å². The van der Waals surface area contributed by atoms with Gasteiger partial charge >= 0.3 is 0 Å². The first kappa shape index (κ1) is 20.6. The van der Waals surface area contributed by atoms with E-state index in [0.29, 0.717) is 55.7 Å². The molecule has 0 unspecified atom stereocenters. The summed E-state index contributed by atoms with van der Waals surface area (Å²) in [4.78, 5) is 29.9. The van der Waals surface area contributed by atoms with E-state index >= 15 is 0 Å². The minimum Gasteiger partial charge on any atom is -0.399 e. The Bertz CT molecular complexity index is 858. The lowest BCUT2D eigenvalue weighted by Gasteiger charge is -2.36. The van der Waals surface area contributed by atoms with E-state index in [2.05, 4.69) is 58.1 Å². The molecule has 1 amide bonds. The Morgan fingerprint density at radius 1 is 1.21 bits per heavy atom. The molecule has 1 fully saturated rings. The zero-order valence-corrected chi connectivity index (χ0v) is 17.2. The van der Waals surface area contributed by atoms with Gasteiger partial charge in [0.1, 0.15) is 25.1 Å². The highest BCUT2D eigenvalue weighted by Gasteiger charge is 2.24. The molecule has 2 heterocycles. The molecule has 29 heavy (non-hydrogen) atoms. The third kappa shape index (κ3) is 5.01. The summed E-state index contributed by atoms with van der Waals surface area (Å²) in [7, 11) is 1.47. The first-order valence-corrected chi connectivity index (χ1v) is 9.78. The van der Waals surface area contributed by atoms with Crippen LogP contribution in [0.1, 0.15) is 36.5 Å². The van der Waals surface area contributed by atoms with Gasteiger partial charge in [-0.25, -0.2) is 9.97 Å². The van der Waals surface area contributed by atoms with Crippen LogP contribution in [-0.4, -0.2) is 60.3 Å². The molecule has 1 saturated heterocycles. The minimum atomic E-state index is 0.144. The summed E-state index contributed by atoms with van der Waals surface area (Å²) < 4.78 is 0. The molecule has 154 valence electrons. The Balaban J connectivity index is 1.61. The number of rotatable bonds is 6. The molecule has 1 aromatic heterocycles. The van der Waals surface area contributed by atoms with E-state index < -0.39 is 0 Å². The van der Waals surface area contributed by atoms with Crippen LogP contribution in [0.4, 0.5) is 11.6 Å². The fraction of sp³-hybridized carbons (Fsp3) is 0.429. The predicted molar refractivity (Wildman–Crippen MR) is 114 cm³/mol. The molecule has 1 aliphatic heterocycles. The number of aromatic nitrogens is 2. The van der Waals surface area contributed by atoms with Crippen molar-refractivity contribution in [3.63, 3.8) is 0 Å². The Kier molecular flexibility index (Phi) is 6.64. The van der Waals surface area contributed by atoms with Gasteiger partial charge in [-0.05, 0) is 17.0 Å². The van der Waals surface area contributed by atoms with E-state index in [0.717, 1.165) is 5.56 Å². The van der Waals surface area contributed by atoms with Gasteiger partial charge in [-0.2, -0.15) is 0 Å². The standard InChI is InChI=1S/C21H28N6O2/c1-15(2)17-6-4-16(5-7-17)12-19(28)26-8-10-27(11-9-26)21-18(13-25-29-3)20(22)23-14-24-21/h4-7,13-15H,8-12H2,1-3H3,(H2,22,23,24). The summed E-state index contributed by atoms with van der Waals surface area (Å²) in [5, 5.41) is 3.79.